The molecule has 0 saturated heterocycles. The molecule has 2 aromatic carbocycles. The quantitative estimate of drug-likeness (QED) is 0.0998. The average molecular weight is 439 g/mol. The van der Waals surface area contributed by atoms with Crippen LogP contribution in [0.5, 0.6) is 11.5 Å². The third-order valence-electron chi connectivity index (χ3n) is 5.03. The fourth-order valence-electron chi connectivity index (χ4n) is 3.29. The molecule has 0 fully saturated rings. The highest BCUT2D eigenvalue weighted by Crippen LogP contribution is 2.24. The maximum atomic E-state index is 12.7. The summed E-state index contributed by atoms with van der Waals surface area (Å²) < 4.78 is 16.8. The standard InChI is InChI=1S/C27H34O5/c1-3-5-6-7-8-9-10-14-21-26(32-25(28)4-2)31-24-20-16-15-19-23(24)27(29)30-22-17-12-11-13-18-22/h4,11-13,15-20,26H,2-3,5-10,14,21H2,1H3. The molecule has 0 amide bonds. The SMILES string of the molecule is C=CC(=O)OC(CCCCCCCCCC)Oc1ccccc1C(=O)Oc1ccccc1. The first-order valence-corrected chi connectivity index (χ1v) is 11.5. The summed E-state index contributed by atoms with van der Waals surface area (Å²) in [7, 11) is 0. The predicted molar refractivity (Wildman–Crippen MR) is 126 cm³/mol. The van der Waals surface area contributed by atoms with E-state index in [1.165, 1.54) is 32.1 Å². The minimum Gasteiger partial charge on any atom is -0.454 e. The normalized spacial score (nSPS) is 11.4. The summed E-state index contributed by atoms with van der Waals surface area (Å²) >= 11 is 0. The number of hydrogen-bond acceptors (Lipinski definition) is 5. The van der Waals surface area contributed by atoms with Crippen molar-refractivity contribution in [2.45, 2.75) is 71.0 Å². The van der Waals surface area contributed by atoms with Gasteiger partial charge in [0, 0.05) is 12.5 Å². The molecule has 0 bridgehead atoms. The van der Waals surface area contributed by atoms with Crippen molar-refractivity contribution >= 4 is 11.9 Å². The molecule has 0 aromatic heterocycles. The van der Waals surface area contributed by atoms with E-state index in [1.807, 2.05) is 6.07 Å². The highest BCUT2D eigenvalue weighted by molar-refractivity contribution is 5.94. The van der Waals surface area contributed by atoms with Crippen LogP contribution >= 0.6 is 0 Å². The van der Waals surface area contributed by atoms with Crippen LogP contribution in [-0.2, 0) is 9.53 Å². The maximum Gasteiger partial charge on any atom is 0.347 e. The Balaban J connectivity index is 1.95. The Kier molecular flexibility index (Phi) is 11.7. The van der Waals surface area contributed by atoms with E-state index in [-0.39, 0.29) is 5.56 Å². The number of para-hydroxylation sites is 2. The summed E-state index contributed by atoms with van der Waals surface area (Å²) in [6.45, 7) is 5.67. The van der Waals surface area contributed by atoms with E-state index in [1.54, 1.807) is 48.5 Å². The number of hydrogen-bond donors (Lipinski definition) is 0. The number of ether oxygens (including phenoxy) is 3. The Labute approximate surface area is 191 Å². The first-order chi connectivity index (χ1) is 15.6. The lowest BCUT2D eigenvalue weighted by Gasteiger charge is -2.20. The molecule has 0 aliphatic rings. The molecule has 0 saturated carbocycles. The molecule has 5 nitrogen and oxygen atoms in total. The van der Waals surface area contributed by atoms with Crippen molar-refractivity contribution in [2.75, 3.05) is 0 Å². The van der Waals surface area contributed by atoms with Crippen molar-refractivity contribution in [3.05, 3.63) is 72.8 Å². The fraction of sp³-hybridized carbons (Fsp3) is 0.407. The Morgan fingerprint density at radius 3 is 2.19 bits per heavy atom. The smallest absolute Gasteiger partial charge is 0.347 e. The minimum atomic E-state index is -0.800. The molecule has 2 aromatic rings. The van der Waals surface area contributed by atoms with Gasteiger partial charge in [0.25, 0.3) is 0 Å². The van der Waals surface area contributed by atoms with Crippen molar-refractivity contribution in [1.29, 1.82) is 0 Å². The van der Waals surface area contributed by atoms with E-state index in [0.717, 1.165) is 25.3 Å². The summed E-state index contributed by atoms with van der Waals surface area (Å²) in [4.78, 5) is 24.5. The minimum absolute atomic E-state index is 0.270. The van der Waals surface area contributed by atoms with Gasteiger partial charge >= 0.3 is 11.9 Å². The molecule has 32 heavy (non-hydrogen) atoms. The fourth-order valence-corrected chi connectivity index (χ4v) is 3.29. The second kappa shape index (κ2) is 14.8. The highest BCUT2D eigenvalue weighted by Gasteiger charge is 2.20. The molecule has 0 spiro atoms. The monoisotopic (exact) mass is 438 g/mol. The van der Waals surface area contributed by atoms with Crippen LogP contribution in [0.25, 0.3) is 0 Å². The number of carbonyl (C=O) groups excluding carboxylic acids is 2. The molecule has 0 aliphatic carbocycles. The number of rotatable bonds is 15. The average Bonchev–Trinajstić information content (AvgIpc) is 2.81. The molecule has 5 heteroatoms. The van der Waals surface area contributed by atoms with Crippen molar-refractivity contribution in [1.82, 2.24) is 0 Å². The topological polar surface area (TPSA) is 61.8 Å². The van der Waals surface area contributed by atoms with Crippen LogP contribution < -0.4 is 9.47 Å². The molecule has 0 heterocycles. The first kappa shape index (κ1) is 25.2. The second-order valence-corrected chi connectivity index (χ2v) is 7.65. The van der Waals surface area contributed by atoms with Crippen LogP contribution in [-0.4, -0.2) is 18.2 Å². The number of benzene rings is 2. The van der Waals surface area contributed by atoms with Crippen LogP contribution in [0.1, 0.15) is 75.1 Å². The van der Waals surface area contributed by atoms with Gasteiger partial charge in [0.15, 0.2) is 0 Å². The summed E-state index contributed by atoms with van der Waals surface area (Å²) in [6.07, 6.45) is 10.2. The lowest BCUT2D eigenvalue weighted by Crippen LogP contribution is -2.24. The van der Waals surface area contributed by atoms with Gasteiger partial charge in [-0.05, 0) is 30.7 Å². The summed E-state index contributed by atoms with van der Waals surface area (Å²) in [6, 6.07) is 15.6. The zero-order valence-corrected chi connectivity index (χ0v) is 19.0. The van der Waals surface area contributed by atoms with Gasteiger partial charge in [-0.2, -0.15) is 0 Å². The van der Waals surface area contributed by atoms with Crippen LogP contribution in [0, 0.1) is 0 Å². The molecule has 1 unspecified atom stereocenters. The molecule has 1 atom stereocenters. The van der Waals surface area contributed by atoms with Crippen LogP contribution in [0.4, 0.5) is 0 Å². The molecule has 0 N–H and O–H groups in total. The lowest BCUT2D eigenvalue weighted by molar-refractivity contribution is -0.158. The largest absolute Gasteiger partial charge is 0.454 e. The maximum absolute atomic E-state index is 12.7. The molecule has 172 valence electrons. The molecule has 0 radical (unpaired) electrons. The van der Waals surface area contributed by atoms with Gasteiger partial charge < -0.3 is 14.2 Å². The third kappa shape index (κ3) is 9.38. The van der Waals surface area contributed by atoms with Crippen LogP contribution in [0.15, 0.2) is 67.3 Å². The molecule has 0 aliphatic heterocycles. The van der Waals surface area contributed by atoms with Gasteiger partial charge in [-0.15, -0.1) is 0 Å². The van der Waals surface area contributed by atoms with Crippen LogP contribution in [0.2, 0.25) is 0 Å². The Morgan fingerprint density at radius 1 is 0.875 bits per heavy atom. The highest BCUT2D eigenvalue weighted by atomic mass is 16.7. The molecule has 2 rings (SSSR count). The lowest BCUT2D eigenvalue weighted by atomic mass is 10.1. The van der Waals surface area contributed by atoms with Gasteiger partial charge in [-0.1, -0.05) is 88.8 Å². The Morgan fingerprint density at radius 2 is 1.50 bits per heavy atom. The number of esters is 2. The van der Waals surface area contributed by atoms with Gasteiger partial charge in [0.05, 0.1) is 0 Å². The summed E-state index contributed by atoms with van der Waals surface area (Å²) in [5.74, 6) is -0.331. The summed E-state index contributed by atoms with van der Waals surface area (Å²) in [5.41, 5.74) is 0.270. The van der Waals surface area contributed by atoms with E-state index < -0.39 is 18.2 Å². The van der Waals surface area contributed by atoms with Crippen molar-refractivity contribution < 1.29 is 23.8 Å². The summed E-state index contributed by atoms with van der Waals surface area (Å²) in [5, 5.41) is 0. The molecular formula is C27H34O5. The Hall–Kier alpha value is -3.08. The number of unbranched alkanes of at least 4 members (excludes halogenated alkanes) is 7. The van der Waals surface area contributed by atoms with Crippen molar-refractivity contribution in [3.8, 4) is 11.5 Å². The zero-order chi connectivity index (χ0) is 23.0. The Bertz CT molecular complexity index is 831. The molecular weight excluding hydrogens is 404 g/mol. The van der Waals surface area contributed by atoms with E-state index in [9.17, 15) is 9.59 Å². The third-order valence-corrected chi connectivity index (χ3v) is 5.03. The van der Waals surface area contributed by atoms with E-state index >= 15 is 0 Å². The van der Waals surface area contributed by atoms with Gasteiger partial charge in [-0.3, -0.25) is 0 Å². The zero-order valence-electron chi connectivity index (χ0n) is 19.0. The van der Waals surface area contributed by atoms with E-state index in [0.29, 0.717) is 17.9 Å². The predicted octanol–water partition coefficient (Wildman–Crippen LogP) is 6.87. The van der Waals surface area contributed by atoms with E-state index in [2.05, 4.69) is 13.5 Å². The van der Waals surface area contributed by atoms with Crippen molar-refractivity contribution in [3.63, 3.8) is 0 Å². The van der Waals surface area contributed by atoms with E-state index in [4.69, 9.17) is 14.2 Å². The van der Waals surface area contributed by atoms with Gasteiger partial charge in [0.2, 0.25) is 6.29 Å². The second-order valence-electron chi connectivity index (χ2n) is 7.65. The van der Waals surface area contributed by atoms with Gasteiger partial charge in [-0.25, -0.2) is 9.59 Å². The first-order valence-electron chi connectivity index (χ1n) is 11.5. The van der Waals surface area contributed by atoms with Crippen molar-refractivity contribution in [2.24, 2.45) is 0 Å². The van der Waals surface area contributed by atoms with Crippen LogP contribution in [0.3, 0.4) is 0 Å². The van der Waals surface area contributed by atoms with Gasteiger partial charge in [0.1, 0.15) is 17.1 Å². The number of carbonyl (C=O) groups is 2.